The quantitative estimate of drug-likeness (QED) is 0.828. The smallest absolute Gasteiger partial charge is 0.250 e. The van der Waals surface area contributed by atoms with Gasteiger partial charge in [-0.25, -0.2) is 8.42 Å². The summed E-state index contributed by atoms with van der Waals surface area (Å²) in [5.41, 5.74) is 0.395. The Hall–Kier alpha value is -2.22. The number of rotatable bonds is 2. The van der Waals surface area contributed by atoms with Gasteiger partial charge in [0.25, 0.3) is 5.91 Å². The second-order valence-electron chi connectivity index (χ2n) is 5.28. The first-order chi connectivity index (χ1) is 11.3. The Morgan fingerprint density at radius 1 is 1.17 bits per heavy atom. The molecule has 2 aromatic carbocycles. The van der Waals surface area contributed by atoms with Gasteiger partial charge in [-0.05, 0) is 30.3 Å². The van der Waals surface area contributed by atoms with Gasteiger partial charge in [0, 0.05) is 23.3 Å². The fourth-order valence-corrected chi connectivity index (χ4v) is 4.23. The molecule has 124 valence electrons. The molecule has 0 bridgehead atoms. The number of ketones is 1. The number of amides is 1. The van der Waals surface area contributed by atoms with Crippen molar-refractivity contribution in [1.29, 1.82) is 0 Å². The van der Waals surface area contributed by atoms with Gasteiger partial charge in [-0.1, -0.05) is 29.8 Å². The average Bonchev–Trinajstić information content (AvgIpc) is 2.53. The zero-order chi connectivity index (χ0) is 17.5. The van der Waals surface area contributed by atoms with Crippen LogP contribution in [0, 0.1) is 0 Å². The summed E-state index contributed by atoms with van der Waals surface area (Å²) < 4.78 is 25.9. The van der Waals surface area contributed by atoms with Gasteiger partial charge in [-0.2, -0.15) is 4.31 Å². The van der Waals surface area contributed by atoms with E-state index < -0.39 is 27.8 Å². The van der Waals surface area contributed by atoms with Crippen LogP contribution in [0.3, 0.4) is 0 Å². The van der Waals surface area contributed by atoms with Crippen LogP contribution >= 0.6 is 11.6 Å². The number of nitrogens with one attached hydrogen (secondary N) is 1. The van der Waals surface area contributed by atoms with E-state index in [1.54, 1.807) is 24.3 Å². The largest absolute Gasteiger partial charge is 0.324 e. The summed E-state index contributed by atoms with van der Waals surface area (Å²) in [6.07, 6.45) is 0. The number of fused-ring (bicyclic) bond motifs is 1. The second kappa shape index (κ2) is 6.01. The number of carbonyl (C=O) groups is 2. The standard InChI is InChI=1S/C16H13ClN2O4S/c1-19-14(16(21)18-11-6-4-5-10(17)9-11)15(20)12-7-2-3-8-13(12)24(19,22)23/h2-9,14H,1H3,(H,18,21). The number of hydrogen-bond donors (Lipinski definition) is 1. The summed E-state index contributed by atoms with van der Waals surface area (Å²) in [4.78, 5) is 25.0. The minimum Gasteiger partial charge on any atom is -0.324 e. The summed E-state index contributed by atoms with van der Waals surface area (Å²) in [5.74, 6) is -1.30. The summed E-state index contributed by atoms with van der Waals surface area (Å²) >= 11 is 5.86. The lowest BCUT2D eigenvalue weighted by Crippen LogP contribution is -2.53. The Morgan fingerprint density at radius 3 is 2.58 bits per heavy atom. The lowest BCUT2D eigenvalue weighted by atomic mass is 10.0. The fourth-order valence-electron chi connectivity index (χ4n) is 2.56. The van der Waals surface area contributed by atoms with E-state index in [9.17, 15) is 18.0 Å². The summed E-state index contributed by atoms with van der Waals surface area (Å²) in [6.45, 7) is 0. The number of sulfonamides is 1. The van der Waals surface area contributed by atoms with E-state index >= 15 is 0 Å². The topological polar surface area (TPSA) is 83.6 Å². The first-order valence-corrected chi connectivity index (χ1v) is 8.82. The molecule has 6 nitrogen and oxygen atoms in total. The van der Waals surface area contributed by atoms with Crippen molar-refractivity contribution in [3.63, 3.8) is 0 Å². The van der Waals surface area contributed by atoms with Crippen molar-refractivity contribution in [1.82, 2.24) is 4.31 Å². The van der Waals surface area contributed by atoms with Gasteiger partial charge in [-0.3, -0.25) is 9.59 Å². The van der Waals surface area contributed by atoms with Crippen LogP contribution in [-0.4, -0.2) is 37.5 Å². The number of benzene rings is 2. The number of anilines is 1. The van der Waals surface area contributed by atoms with E-state index in [0.717, 1.165) is 4.31 Å². The summed E-state index contributed by atoms with van der Waals surface area (Å²) in [7, 11) is -2.71. The molecule has 1 amide bonds. The highest BCUT2D eigenvalue weighted by Gasteiger charge is 2.45. The van der Waals surface area contributed by atoms with E-state index in [1.165, 1.54) is 31.3 Å². The Kier molecular flexibility index (Phi) is 4.16. The van der Waals surface area contributed by atoms with Gasteiger partial charge in [-0.15, -0.1) is 0 Å². The predicted octanol–water partition coefficient (Wildman–Crippen LogP) is 2.16. The number of hydrogen-bond acceptors (Lipinski definition) is 4. The number of Topliss-reactive ketones (excluding diaryl/α,β-unsaturated/α-hetero) is 1. The monoisotopic (exact) mass is 364 g/mol. The van der Waals surface area contributed by atoms with Gasteiger partial charge in [0.2, 0.25) is 10.0 Å². The lowest BCUT2D eigenvalue weighted by Gasteiger charge is -2.30. The molecule has 3 rings (SSSR count). The van der Waals surface area contributed by atoms with Gasteiger partial charge >= 0.3 is 0 Å². The molecule has 0 fully saturated rings. The molecule has 1 unspecified atom stereocenters. The van der Waals surface area contributed by atoms with Crippen LogP contribution in [0.2, 0.25) is 5.02 Å². The molecule has 1 aliphatic heterocycles. The van der Waals surface area contributed by atoms with Crippen molar-refractivity contribution in [2.24, 2.45) is 0 Å². The molecule has 0 saturated carbocycles. The molecule has 0 spiro atoms. The molecule has 0 saturated heterocycles. The number of nitrogens with zero attached hydrogens (tertiary/aromatic N) is 1. The Labute approximate surface area is 144 Å². The highest BCUT2D eigenvalue weighted by Crippen LogP contribution is 2.29. The molecule has 8 heteroatoms. The molecule has 1 N–H and O–H groups in total. The number of likely N-dealkylation sites (N-methyl/N-ethyl adjacent to an activating group) is 1. The SMILES string of the molecule is CN1C(C(=O)Nc2cccc(Cl)c2)C(=O)c2ccccc2S1(=O)=O. The minimum absolute atomic E-state index is 0.0156. The maximum atomic E-state index is 12.6. The van der Waals surface area contributed by atoms with Gasteiger partial charge in [0.1, 0.15) is 0 Å². The van der Waals surface area contributed by atoms with Crippen LogP contribution in [0.15, 0.2) is 53.4 Å². The third-order valence-electron chi connectivity index (χ3n) is 3.76. The highest BCUT2D eigenvalue weighted by atomic mass is 35.5. The van der Waals surface area contributed by atoms with Crippen LogP contribution in [-0.2, 0) is 14.8 Å². The van der Waals surface area contributed by atoms with Gasteiger partial charge < -0.3 is 5.32 Å². The third kappa shape index (κ3) is 2.71. The maximum Gasteiger partial charge on any atom is 0.250 e. The molecular weight excluding hydrogens is 352 g/mol. The zero-order valence-corrected chi connectivity index (χ0v) is 14.1. The Balaban J connectivity index is 1.99. The van der Waals surface area contributed by atoms with Crippen molar-refractivity contribution in [3.05, 3.63) is 59.1 Å². The third-order valence-corrected chi connectivity index (χ3v) is 5.88. The first-order valence-electron chi connectivity index (χ1n) is 7.00. The fraction of sp³-hybridized carbons (Fsp3) is 0.125. The van der Waals surface area contributed by atoms with E-state index in [4.69, 9.17) is 11.6 Å². The molecule has 0 radical (unpaired) electrons. The lowest BCUT2D eigenvalue weighted by molar-refractivity contribution is -0.118. The Morgan fingerprint density at radius 2 is 1.88 bits per heavy atom. The molecule has 1 heterocycles. The van der Waals surface area contributed by atoms with E-state index in [1.807, 2.05) is 0 Å². The van der Waals surface area contributed by atoms with Crippen molar-refractivity contribution < 1.29 is 18.0 Å². The number of carbonyl (C=O) groups excluding carboxylic acids is 2. The Bertz CT molecular complexity index is 943. The normalized spacial score (nSPS) is 19.6. The van der Waals surface area contributed by atoms with E-state index in [-0.39, 0.29) is 10.5 Å². The van der Waals surface area contributed by atoms with Crippen LogP contribution in [0.4, 0.5) is 5.69 Å². The predicted molar refractivity (Wildman–Crippen MR) is 89.6 cm³/mol. The van der Waals surface area contributed by atoms with Crippen molar-refractivity contribution >= 4 is 39.0 Å². The highest BCUT2D eigenvalue weighted by molar-refractivity contribution is 7.89. The van der Waals surface area contributed by atoms with Crippen LogP contribution < -0.4 is 5.32 Å². The number of halogens is 1. The summed E-state index contributed by atoms with van der Waals surface area (Å²) in [6, 6.07) is 10.8. The average molecular weight is 365 g/mol. The minimum atomic E-state index is -3.92. The van der Waals surface area contributed by atoms with Crippen molar-refractivity contribution in [2.45, 2.75) is 10.9 Å². The molecule has 2 aromatic rings. The van der Waals surface area contributed by atoms with Gasteiger partial charge in [0.15, 0.2) is 11.8 Å². The summed E-state index contributed by atoms with van der Waals surface area (Å²) in [5, 5.41) is 2.94. The molecule has 0 aromatic heterocycles. The second-order valence-corrected chi connectivity index (χ2v) is 7.69. The van der Waals surface area contributed by atoms with E-state index in [0.29, 0.717) is 10.7 Å². The van der Waals surface area contributed by atoms with Crippen molar-refractivity contribution in [2.75, 3.05) is 12.4 Å². The van der Waals surface area contributed by atoms with Crippen molar-refractivity contribution in [3.8, 4) is 0 Å². The first kappa shape index (κ1) is 16.6. The van der Waals surface area contributed by atoms with E-state index in [2.05, 4.69) is 5.32 Å². The molecule has 1 aliphatic rings. The molecule has 0 aliphatic carbocycles. The molecule has 24 heavy (non-hydrogen) atoms. The zero-order valence-electron chi connectivity index (χ0n) is 12.6. The van der Waals surface area contributed by atoms with Crippen LogP contribution in [0.5, 0.6) is 0 Å². The molecular formula is C16H13ClN2O4S. The molecule has 1 atom stereocenters. The maximum absolute atomic E-state index is 12.6. The van der Waals surface area contributed by atoms with Crippen LogP contribution in [0.1, 0.15) is 10.4 Å². The van der Waals surface area contributed by atoms with Gasteiger partial charge in [0.05, 0.1) is 4.90 Å². The van der Waals surface area contributed by atoms with Crippen LogP contribution in [0.25, 0.3) is 0 Å².